The molecule has 106 valence electrons. The van der Waals surface area contributed by atoms with E-state index in [0.29, 0.717) is 11.7 Å². The van der Waals surface area contributed by atoms with Gasteiger partial charge >= 0.3 is 5.69 Å². The molecule has 0 aromatic carbocycles. The van der Waals surface area contributed by atoms with Crippen molar-refractivity contribution in [3.63, 3.8) is 0 Å². The van der Waals surface area contributed by atoms with Crippen LogP contribution in [-0.4, -0.2) is 36.2 Å². The van der Waals surface area contributed by atoms with Crippen molar-refractivity contribution >= 4 is 23.3 Å². The molecule has 0 aliphatic heterocycles. The first-order valence-electron chi connectivity index (χ1n) is 5.88. The van der Waals surface area contributed by atoms with Gasteiger partial charge in [0.25, 0.3) is 0 Å². The monoisotopic (exact) mass is 295 g/mol. The molecule has 0 saturated heterocycles. The van der Waals surface area contributed by atoms with Gasteiger partial charge in [-0.25, -0.2) is 19.6 Å². The maximum atomic E-state index is 11.2. The lowest BCUT2D eigenvalue weighted by atomic mass is 10.4. The maximum Gasteiger partial charge on any atom is 0.343 e. The van der Waals surface area contributed by atoms with Crippen LogP contribution in [0.1, 0.15) is 13.3 Å². The predicted octanol–water partition coefficient (Wildman–Crippen LogP) is 1.49. The number of aromatic nitrogens is 5. The third kappa shape index (κ3) is 3.02. The molecule has 0 spiro atoms. The Morgan fingerprint density at radius 2 is 2.20 bits per heavy atom. The van der Waals surface area contributed by atoms with Crippen LogP contribution >= 0.6 is 11.8 Å². The molecule has 0 unspecified atom stereocenters. The number of rotatable bonds is 6. The minimum atomic E-state index is -0.489. The summed E-state index contributed by atoms with van der Waals surface area (Å²) in [4.78, 5) is 22.7. The molecule has 20 heavy (non-hydrogen) atoms. The summed E-state index contributed by atoms with van der Waals surface area (Å²) in [5.41, 5.74) is -0.144. The van der Waals surface area contributed by atoms with Gasteiger partial charge in [0.1, 0.15) is 12.7 Å². The molecule has 0 amide bonds. The van der Waals surface area contributed by atoms with Gasteiger partial charge in [-0.3, -0.25) is 10.1 Å². The molecule has 0 radical (unpaired) electrons. The van der Waals surface area contributed by atoms with Gasteiger partial charge in [0.05, 0.1) is 4.92 Å². The molecular weight excluding hydrogens is 282 g/mol. The van der Waals surface area contributed by atoms with Gasteiger partial charge < -0.3 is 5.32 Å². The fourth-order valence-corrected chi connectivity index (χ4v) is 2.26. The van der Waals surface area contributed by atoms with Crippen LogP contribution in [0, 0.1) is 10.1 Å². The first-order valence-corrected chi connectivity index (χ1v) is 6.70. The zero-order valence-corrected chi connectivity index (χ0v) is 11.8. The van der Waals surface area contributed by atoms with Crippen LogP contribution in [-0.2, 0) is 7.05 Å². The number of nitrogens with one attached hydrogen (secondary N) is 1. The van der Waals surface area contributed by atoms with Crippen molar-refractivity contribution in [2.75, 3.05) is 11.9 Å². The van der Waals surface area contributed by atoms with Crippen molar-refractivity contribution in [2.45, 2.75) is 23.5 Å². The number of nitro groups is 1. The highest BCUT2D eigenvalue weighted by Gasteiger charge is 2.24. The van der Waals surface area contributed by atoms with E-state index in [2.05, 4.69) is 25.4 Å². The Hall–Kier alpha value is -2.23. The van der Waals surface area contributed by atoms with Crippen molar-refractivity contribution in [2.24, 2.45) is 7.05 Å². The lowest BCUT2D eigenvalue weighted by molar-refractivity contribution is -0.387. The van der Waals surface area contributed by atoms with Gasteiger partial charge in [0, 0.05) is 13.6 Å². The second-order valence-electron chi connectivity index (χ2n) is 3.83. The van der Waals surface area contributed by atoms with E-state index in [0.717, 1.165) is 18.2 Å². The number of nitrogens with zero attached hydrogens (tertiary/aromatic N) is 6. The summed E-state index contributed by atoms with van der Waals surface area (Å²) in [5.74, 6) is 0.219. The Labute approximate surface area is 119 Å². The quantitative estimate of drug-likeness (QED) is 0.484. The van der Waals surface area contributed by atoms with Crippen molar-refractivity contribution in [3.8, 4) is 0 Å². The third-order valence-electron chi connectivity index (χ3n) is 2.37. The van der Waals surface area contributed by atoms with Crippen LogP contribution in [0.4, 0.5) is 11.5 Å². The van der Waals surface area contributed by atoms with E-state index in [1.807, 2.05) is 6.92 Å². The molecule has 10 heteroatoms. The summed E-state index contributed by atoms with van der Waals surface area (Å²) in [6, 6.07) is 0. The molecule has 2 aromatic rings. The molecule has 0 aliphatic carbocycles. The molecule has 2 aromatic heterocycles. The van der Waals surface area contributed by atoms with Gasteiger partial charge in [-0.2, -0.15) is 5.10 Å². The summed E-state index contributed by atoms with van der Waals surface area (Å²) >= 11 is 1.08. The lowest BCUT2D eigenvalue weighted by Crippen LogP contribution is -2.07. The smallest absolute Gasteiger partial charge is 0.343 e. The second-order valence-corrected chi connectivity index (χ2v) is 4.78. The van der Waals surface area contributed by atoms with E-state index in [4.69, 9.17) is 0 Å². The highest BCUT2D eigenvalue weighted by atomic mass is 32.2. The molecule has 2 heterocycles. The molecule has 0 aliphatic rings. The molecule has 0 atom stereocenters. The lowest BCUT2D eigenvalue weighted by Gasteiger charge is -2.06. The topological polar surface area (TPSA) is 112 Å². The fraction of sp³-hybridized carbons (Fsp3) is 0.400. The van der Waals surface area contributed by atoms with Gasteiger partial charge in [0.2, 0.25) is 5.82 Å². The van der Waals surface area contributed by atoms with Gasteiger partial charge in [-0.15, -0.1) is 0 Å². The minimum absolute atomic E-state index is 0.144. The van der Waals surface area contributed by atoms with Crippen LogP contribution in [0.25, 0.3) is 0 Å². The van der Waals surface area contributed by atoms with Crippen LogP contribution in [0.15, 0.2) is 22.8 Å². The van der Waals surface area contributed by atoms with E-state index in [-0.39, 0.29) is 16.5 Å². The number of anilines is 1. The highest BCUT2D eigenvalue weighted by Crippen LogP contribution is 2.35. The molecule has 0 saturated carbocycles. The Morgan fingerprint density at radius 3 is 2.80 bits per heavy atom. The Kier molecular flexibility index (Phi) is 4.45. The van der Waals surface area contributed by atoms with Gasteiger partial charge in [-0.1, -0.05) is 6.92 Å². The van der Waals surface area contributed by atoms with E-state index in [1.54, 1.807) is 7.05 Å². The maximum absolute atomic E-state index is 11.2. The van der Waals surface area contributed by atoms with Crippen molar-refractivity contribution in [1.82, 2.24) is 24.7 Å². The molecule has 2 rings (SSSR count). The number of hydrogen-bond donors (Lipinski definition) is 1. The van der Waals surface area contributed by atoms with E-state index < -0.39 is 4.92 Å². The summed E-state index contributed by atoms with van der Waals surface area (Å²) in [6.45, 7) is 2.57. The van der Waals surface area contributed by atoms with Crippen LogP contribution in [0.5, 0.6) is 0 Å². The van der Waals surface area contributed by atoms with Crippen molar-refractivity contribution in [1.29, 1.82) is 0 Å². The molecule has 1 N–H and O–H groups in total. The molecule has 9 nitrogen and oxygen atoms in total. The second kappa shape index (κ2) is 6.28. The van der Waals surface area contributed by atoms with Gasteiger partial charge in [-0.05, 0) is 18.2 Å². The average Bonchev–Trinajstić information content (AvgIpc) is 2.81. The Balaban J connectivity index is 2.36. The average molecular weight is 295 g/mol. The molecular formula is C10H13N7O2S. The summed E-state index contributed by atoms with van der Waals surface area (Å²) in [6.07, 6.45) is 3.52. The first-order chi connectivity index (χ1) is 9.63. The highest BCUT2D eigenvalue weighted by molar-refractivity contribution is 7.99. The largest absolute Gasteiger partial charge is 0.364 e. The number of hydrogen-bond acceptors (Lipinski definition) is 8. The van der Waals surface area contributed by atoms with Crippen LogP contribution in [0.3, 0.4) is 0 Å². The van der Waals surface area contributed by atoms with Crippen molar-refractivity contribution < 1.29 is 4.92 Å². The van der Waals surface area contributed by atoms with E-state index in [9.17, 15) is 10.1 Å². The van der Waals surface area contributed by atoms with Gasteiger partial charge in [0.15, 0.2) is 10.2 Å². The van der Waals surface area contributed by atoms with Crippen LogP contribution < -0.4 is 5.32 Å². The summed E-state index contributed by atoms with van der Waals surface area (Å²) < 4.78 is 1.52. The standard InChI is InChI=1S/C10H13N7O2S/c1-3-4-11-8-7(17(18)19)9(13-5-12-8)20-10-14-6-15-16(10)2/h5-6H,3-4H2,1-2H3,(H,11,12,13). The zero-order chi connectivity index (χ0) is 14.5. The van der Waals surface area contributed by atoms with E-state index >= 15 is 0 Å². The predicted molar refractivity (Wildman–Crippen MR) is 72.6 cm³/mol. The third-order valence-corrected chi connectivity index (χ3v) is 3.42. The first kappa shape index (κ1) is 14.2. The molecule has 0 fully saturated rings. The fourth-order valence-electron chi connectivity index (χ4n) is 1.44. The Bertz CT molecular complexity index is 615. The zero-order valence-electron chi connectivity index (χ0n) is 11.0. The number of aryl methyl sites for hydroxylation is 1. The Morgan fingerprint density at radius 1 is 1.40 bits per heavy atom. The van der Waals surface area contributed by atoms with Crippen LogP contribution in [0.2, 0.25) is 0 Å². The minimum Gasteiger partial charge on any atom is -0.364 e. The summed E-state index contributed by atoms with van der Waals surface area (Å²) in [5, 5.41) is 18.9. The summed E-state index contributed by atoms with van der Waals surface area (Å²) in [7, 11) is 1.71. The molecule has 0 bridgehead atoms. The van der Waals surface area contributed by atoms with Crippen molar-refractivity contribution in [3.05, 3.63) is 22.8 Å². The SMILES string of the molecule is CCCNc1ncnc(Sc2ncnn2C)c1[N+](=O)[O-]. The van der Waals surface area contributed by atoms with E-state index in [1.165, 1.54) is 17.3 Å². The normalized spacial score (nSPS) is 10.5.